The molecule has 0 saturated heterocycles. The first-order valence-electron chi connectivity index (χ1n) is 6.28. The maximum absolute atomic E-state index is 12.4. The molecule has 21 heavy (non-hydrogen) atoms. The Morgan fingerprint density at radius 3 is 2.52 bits per heavy atom. The Labute approximate surface area is 136 Å². The van der Waals surface area contributed by atoms with Gasteiger partial charge in [-0.2, -0.15) is 0 Å². The molecule has 0 N–H and O–H groups in total. The fourth-order valence-corrected chi connectivity index (χ4v) is 2.85. The largest absolute Gasteiger partial charge is 0.338 e. The van der Waals surface area contributed by atoms with Gasteiger partial charge in [-0.1, -0.05) is 46.9 Å². The van der Waals surface area contributed by atoms with Gasteiger partial charge in [0.05, 0.1) is 27.1 Å². The zero-order chi connectivity index (χ0) is 15.0. The molecular weight excluding hydrogens is 329 g/mol. The summed E-state index contributed by atoms with van der Waals surface area (Å²) in [6.07, 6.45) is 1.85. The van der Waals surface area contributed by atoms with Crippen molar-refractivity contribution in [3.8, 4) is 0 Å². The lowest BCUT2D eigenvalue weighted by Gasteiger charge is -2.07. The number of para-hydroxylation sites is 1. The van der Waals surface area contributed by atoms with E-state index < -0.39 is 0 Å². The first-order valence-corrected chi connectivity index (χ1v) is 7.41. The Kier molecular flexibility index (Phi) is 3.94. The van der Waals surface area contributed by atoms with Crippen LogP contribution in [0.25, 0.3) is 10.9 Å². The third-order valence-electron chi connectivity index (χ3n) is 3.29. The number of rotatable bonds is 3. The molecule has 0 aliphatic carbocycles. The van der Waals surface area contributed by atoms with Gasteiger partial charge >= 0.3 is 0 Å². The van der Waals surface area contributed by atoms with Crippen molar-refractivity contribution < 1.29 is 4.79 Å². The third kappa shape index (κ3) is 2.80. The molecule has 0 bridgehead atoms. The molecule has 0 aliphatic rings. The quantitative estimate of drug-likeness (QED) is 0.579. The van der Waals surface area contributed by atoms with Gasteiger partial charge in [0.15, 0.2) is 5.78 Å². The molecule has 2 nitrogen and oxygen atoms in total. The molecule has 5 heteroatoms. The van der Waals surface area contributed by atoms with Gasteiger partial charge in [0.2, 0.25) is 0 Å². The van der Waals surface area contributed by atoms with E-state index in [1.54, 1.807) is 18.2 Å². The minimum absolute atomic E-state index is 0.0500. The van der Waals surface area contributed by atoms with E-state index in [1.807, 2.05) is 35.0 Å². The number of hydrogen-bond donors (Lipinski definition) is 0. The average Bonchev–Trinajstić information content (AvgIpc) is 2.86. The van der Waals surface area contributed by atoms with Crippen LogP contribution < -0.4 is 0 Å². The summed E-state index contributed by atoms with van der Waals surface area (Å²) >= 11 is 18.0. The smallest absolute Gasteiger partial charge is 0.182 e. The number of halogens is 3. The van der Waals surface area contributed by atoms with Crippen LogP contribution in [-0.4, -0.2) is 10.4 Å². The molecular formula is C16H10Cl3NO. The highest BCUT2D eigenvalue weighted by atomic mass is 35.5. The molecule has 0 aliphatic heterocycles. The third-order valence-corrected chi connectivity index (χ3v) is 4.34. The lowest BCUT2D eigenvalue weighted by Crippen LogP contribution is -2.09. The monoisotopic (exact) mass is 337 g/mol. The highest BCUT2D eigenvalue weighted by Gasteiger charge is 2.12. The number of benzene rings is 2. The second-order valence-corrected chi connectivity index (χ2v) is 5.89. The SMILES string of the molecule is O=C(Cn1ccc2cccc(Cl)c21)c1ccc(Cl)c(Cl)c1. The van der Waals surface area contributed by atoms with Gasteiger partial charge in [-0.3, -0.25) is 4.79 Å². The predicted molar refractivity (Wildman–Crippen MR) is 87.7 cm³/mol. The molecule has 0 unspecified atom stereocenters. The van der Waals surface area contributed by atoms with Crippen LogP contribution in [-0.2, 0) is 6.54 Å². The number of nitrogens with zero attached hydrogens (tertiary/aromatic N) is 1. The lowest BCUT2D eigenvalue weighted by atomic mass is 10.1. The van der Waals surface area contributed by atoms with Crippen molar-refractivity contribution in [1.82, 2.24) is 4.57 Å². The number of carbonyl (C=O) groups excluding carboxylic acids is 1. The normalized spacial score (nSPS) is 11.0. The van der Waals surface area contributed by atoms with Gasteiger partial charge in [0.1, 0.15) is 0 Å². The van der Waals surface area contributed by atoms with Gasteiger partial charge in [-0.15, -0.1) is 0 Å². The van der Waals surface area contributed by atoms with Crippen LogP contribution in [0.15, 0.2) is 48.7 Å². The molecule has 0 fully saturated rings. The standard InChI is InChI=1S/C16H10Cl3NO/c17-12-5-4-11(8-14(12)19)15(21)9-20-7-6-10-2-1-3-13(18)16(10)20/h1-8H,9H2. The Morgan fingerprint density at radius 2 is 1.76 bits per heavy atom. The van der Waals surface area contributed by atoms with Crippen molar-refractivity contribution in [3.05, 3.63) is 69.3 Å². The van der Waals surface area contributed by atoms with Crippen molar-refractivity contribution in [1.29, 1.82) is 0 Å². The predicted octanol–water partition coefficient (Wildman–Crippen LogP) is 5.48. The molecule has 3 rings (SSSR count). The molecule has 1 aromatic heterocycles. The van der Waals surface area contributed by atoms with Crippen LogP contribution in [0.3, 0.4) is 0 Å². The number of carbonyl (C=O) groups is 1. The molecule has 0 radical (unpaired) electrons. The Bertz CT molecular complexity index is 839. The fourth-order valence-electron chi connectivity index (χ4n) is 2.26. The average molecular weight is 339 g/mol. The van der Waals surface area contributed by atoms with Crippen LogP contribution in [0.5, 0.6) is 0 Å². The van der Waals surface area contributed by atoms with E-state index in [-0.39, 0.29) is 12.3 Å². The Morgan fingerprint density at radius 1 is 0.952 bits per heavy atom. The van der Waals surface area contributed by atoms with Crippen LogP contribution >= 0.6 is 34.8 Å². The van der Waals surface area contributed by atoms with Crippen LogP contribution in [0.1, 0.15) is 10.4 Å². The molecule has 0 spiro atoms. The highest BCUT2D eigenvalue weighted by Crippen LogP contribution is 2.26. The Hall–Kier alpha value is -1.48. The van der Waals surface area contributed by atoms with E-state index >= 15 is 0 Å². The number of ketones is 1. The van der Waals surface area contributed by atoms with Crippen molar-refractivity contribution in [3.63, 3.8) is 0 Å². The van der Waals surface area contributed by atoms with Gasteiger partial charge in [0, 0.05) is 17.1 Å². The maximum atomic E-state index is 12.4. The zero-order valence-corrected chi connectivity index (χ0v) is 13.1. The molecule has 106 valence electrons. The van der Waals surface area contributed by atoms with Gasteiger partial charge in [-0.05, 0) is 30.3 Å². The lowest BCUT2D eigenvalue weighted by molar-refractivity contribution is 0.0973. The number of aromatic nitrogens is 1. The van der Waals surface area contributed by atoms with Gasteiger partial charge < -0.3 is 4.57 Å². The zero-order valence-electron chi connectivity index (χ0n) is 10.8. The summed E-state index contributed by atoms with van der Waals surface area (Å²) in [5, 5.41) is 2.43. The van der Waals surface area contributed by atoms with E-state index in [9.17, 15) is 4.79 Å². The molecule has 3 aromatic rings. The van der Waals surface area contributed by atoms with Crippen molar-refractivity contribution in [2.45, 2.75) is 6.54 Å². The summed E-state index contributed by atoms with van der Waals surface area (Å²) in [5.41, 5.74) is 1.38. The Balaban J connectivity index is 1.94. The summed E-state index contributed by atoms with van der Waals surface area (Å²) in [7, 11) is 0. The van der Waals surface area contributed by atoms with Crippen LogP contribution in [0.2, 0.25) is 15.1 Å². The minimum atomic E-state index is -0.0500. The molecule has 1 heterocycles. The summed E-state index contributed by atoms with van der Waals surface area (Å²) in [6.45, 7) is 0.200. The summed E-state index contributed by atoms with van der Waals surface area (Å²) in [6, 6.07) is 12.5. The molecule has 2 aromatic carbocycles. The summed E-state index contributed by atoms with van der Waals surface area (Å²) < 4.78 is 1.84. The summed E-state index contributed by atoms with van der Waals surface area (Å²) in [5.74, 6) is -0.0500. The second kappa shape index (κ2) is 5.72. The second-order valence-electron chi connectivity index (χ2n) is 4.67. The minimum Gasteiger partial charge on any atom is -0.338 e. The van der Waals surface area contributed by atoms with E-state index in [2.05, 4.69) is 0 Å². The van der Waals surface area contributed by atoms with E-state index in [1.165, 1.54) is 0 Å². The van der Waals surface area contributed by atoms with Crippen molar-refractivity contribution in [2.24, 2.45) is 0 Å². The van der Waals surface area contributed by atoms with Crippen molar-refractivity contribution >= 4 is 51.5 Å². The topological polar surface area (TPSA) is 22.0 Å². The van der Waals surface area contributed by atoms with E-state index in [0.29, 0.717) is 20.6 Å². The van der Waals surface area contributed by atoms with Crippen molar-refractivity contribution in [2.75, 3.05) is 0 Å². The van der Waals surface area contributed by atoms with Crippen LogP contribution in [0, 0.1) is 0 Å². The van der Waals surface area contributed by atoms with Crippen LogP contribution in [0.4, 0.5) is 0 Å². The highest BCUT2D eigenvalue weighted by molar-refractivity contribution is 6.42. The summed E-state index contributed by atoms with van der Waals surface area (Å²) in [4.78, 5) is 12.4. The molecule has 0 saturated carbocycles. The van der Waals surface area contributed by atoms with E-state index in [4.69, 9.17) is 34.8 Å². The number of Topliss-reactive ketones (excluding diaryl/α,β-unsaturated/α-hetero) is 1. The maximum Gasteiger partial charge on any atom is 0.182 e. The fraction of sp³-hybridized carbons (Fsp3) is 0.0625. The van der Waals surface area contributed by atoms with E-state index in [0.717, 1.165) is 10.9 Å². The molecule has 0 atom stereocenters. The van der Waals surface area contributed by atoms with Gasteiger partial charge in [0.25, 0.3) is 0 Å². The number of hydrogen-bond acceptors (Lipinski definition) is 1. The first-order chi connectivity index (χ1) is 10.1. The molecule has 0 amide bonds. The first kappa shape index (κ1) is 14.5. The van der Waals surface area contributed by atoms with Gasteiger partial charge in [-0.25, -0.2) is 0 Å². The number of fused-ring (bicyclic) bond motifs is 1.